The first kappa shape index (κ1) is 16.1. The van der Waals surface area contributed by atoms with E-state index >= 15 is 0 Å². The van der Waals surface area contributed by atoms with Crippen LogP contribution in [0.15, 0.2) is 24.3 Å². The topological polar surface area (TPSA) is 41.4 Å². The van der Waals surface area contributed by atoms with Crippen molar-refractivity contribution in [3.05, 3.63) is 45.7 Å². The van der Waals surface area contributed by atoms with Gasteiger partial charge in [-0.3, -0.25) is 9.48 Å². The molecule has 0 radical (unpaired) electrons. The highest BCUT2D eigenvalue weighted by Gasteiger charge is 2.27. The molecule has 0 unspecified atom stereocenters. The monoisotopic (exact) mass is 352 g/mol. The number of amides is 1. The van der Waals surface area contributed by atoms with Gasteiger partial charge in [-0.2, -0.15) is 5.10 Å². The number of anilines is 1. The average Bonchev–Trinajstić information content (AvgIpc) is 2.79. The molecule has 1 aromatic carbocycles. The average molecular weight is 353 g/mol. The number of nitrogens with zero attached hydrogens (tertiary/aromatic N) is 4. The molecule has 0 aliphatic carbocycles. The molecule has 122 valence electrons. The number of carbonyl (C=O) groups excluding carboxylic acids is 1. The highest BCUT2D eigenvalue weighted by molar-refractivity contribution is 6.33. The maximum absolute atomic E-state index is 12.7. The lowest BCUT2D eigenvalue weighted by atomic mass is 10.2. The van der Waals surface area contributed by atoms with Crippen molar-refractivity contribution in [2.45, 2.75) is 6.92 Å². The predicted molar refractivity (Wildman–Crippen MR) is 92.5 cm³/mol. The number of rotatable bonds is 2. The Morgan fingerprint density at radius 3 is 2.43 bits per heavy atom. The van der Waals surface area contributed by atoms with E-state index in [-0.39, 0.29) is 5.91 Å². The predicted octanol–water partition coefficient (Wildman–Crippen LogP) is 3.00. The molecule has 2 aromatic rings. The molecule has 3 rings (SSSR count). The minimum atomic E-state index is -0.0497. The second-order valence-corrected chi connectivity index (χ2v) is 6.43. The van der Waals surface area contributed by atoms with Crippen LogP contribution >= 0.6 is 23.2 Å². The third-order valence-corrected chi connectivity index (χ3v) is 4.78. The van der Waals surface area contributed by atoms with Crippen LogP contribution in [0.2, 0.25) is 10.2 Å². The summed E-state index contributed by atoms with van der Waals surface area (Å²) in [4.78, 5) is 16.8. The first-order valence-electron chi connectivity index (χ1n) is 7.46. The van der Waals surface area contributed by atoms with E-state index in [0.717, 1.165) is 23.8 Å². The number of aryl methyl sites for hydroxylation is 2. The number of halogens is 2. The smallest absolute Gasteiger partial charge is 0.259 e. The van der Waals surface area contributed by atoms with Gasteiger partial charge in [0.1, 0.15) is 5.15 Å². The molecule has 1 saturated heterocycles. The Labute approximate surface area is 145 Å². The highest BCUT2D eigenvalue weighted by Crippen LogP contribution is 2.24. The number of hydrogen-bond acceptors (Lipinski definition) is 3. The van der Waals surface area contributed by atoms with E-state index in [4.69, 9.17) is 23.2 Å². The van der Waals surface area contributed by atoms with Crippen molar-refractivity contribution < 1.29 is 4.79 Å². The number of carbonyl (C=O) groups is 1. The summed E-state index contributed by atoms with van der Waals surface area (Å²) in [6, 6.07) is 7.78. The minimum absolute atomic E-state index is 0.0497. The van der Waals surface area contributed by atoms with Crippen LogP contribution in [0.5, 0.6) is 0 Å². The highest BCUT2D eigenvalue weighted by atomic mass is 35.5. The second kappa shape index (κ2) is 6.42. The van der Waals surface area contributed by atoms with E-state index in [0.29, 0.717) is 29.5 Å². The van der Waals surface area contributed by atoms with Crippen molar-refractivity contribution in [2.24, 2.45) is 7.05 Å². The van der Waals surface area contributed by atoms with Crippen LogP contribution in [0.1, 0.15) is 16.1 Å². The Morgan fingerprint density at radius 2 is 1.87 bits per heavy atom. The summed E-state index contributed by atoms with van der Waals surface area (Å²) in [6.07, 6.45) is 0. The molecule has 5 nitrogen and oxygen atoms in total. The van der Waals surface area contributed by atoms with Crippen LogP contribution in [-0.2, 0) is 7.05 Å². The third-order valence-electron chi connectivity index (χ3n) is 4.11. The molecule has 23 heavy (non-hydrogen) atoms. The zero-order chi connectivity index (χ0) is 16.6. The lowest BCUT2D eigenvalue weighted by Gasteiger charge is -2.36. The van der Waals surface area contributed by atoms with Gasteiger partial charge in [0.2, 0.25) is 0 Å². The van der Waals surface area contributed by atoms with Gasteiger partial charge >= 0.3 is 0 Å². The largest absolute Gasteiger partial charge is 0.368 e. The van der Waals surface area contributed by atoms with Crippen molar-refractivity contribution in [1.29, 1.82) is 0 Å². The first-order chi connectivity index (χ1) is 11.0. The van der Waals surface area contributed by atoms with E-state index in [1.54, 1.807) is 14.0 Å². The van der Waals surface area contributed by atoms with E-state index in [1.807, 2.05) is 29.2 Å². The molecule has 0 atom stereocenters. The SMILES string of the molecule is Cc1nn(C)c(Cl)c1C(=O)N1CCN(c2cccc(Cl)c2)CC1. The Hall–Kier alpha value is -1.72. The second-order valence-electron chi connectivity index (χ2n) is 5.63. The van der Waals surface area contributed by atoms with Crippen molar-refractivity contribution in [1.82, 2.24) is 14.7 Å². The van der Waals surface area contributed by atoms with Crippen molar-refractivity contribution in [3.8, 4) is 0 Å². The van der Waals surface area contributed by atoms with Gasteiger partial charge in [0, 0.05) is 43.9 Å². The van der Waals surface area contributed by atoms with Gasteiger partial charge in [0.05, 0.1) is 11.3 Å². The molecule has 7 heteroatoms. The maximum atomic E-state index is 12.7. The van der Waals surface area contributed by atoms with Crippen LogP contribution in [0, 0.1) is 6.92 Å². The molecule has 0 N–H and O–H groups in total. The summed E-state index contributed by atoms with van der Waals surface area (Å²) in [6.45, 7) is 4.64. The lowest BCUT2D eigenvalue weighted by Crippen LogP contribution is -2.49. The zero-order valence-electron chi connectivity index (χ0n) is 13.1. The molecule has 1 aliphatic rings. The molecule has 1 aromatic heterocycles. The standard InChI is InChI=1S/C16H18Cl2N4O/c1-11-14(15(18)20(2)19-11)16(23)22-8-6-21(7-9-22)13-5-3-4-12(17)10-13/h3-5,10H,6-9H2,1-2H3. The molecule has 0 spiro atoms. The van der Waals surface area contributed by atoms with Gasteiger partial charge in [-0.25, -0.2) is 0 Å². The quantitative estimate of drug-likeness (QED) is 0.834. The van der Waals surface area contributed by atoms with Gasteiger partial charge in [0.25, 0.3) is 5.91 Å². The number of piperazine rings is 1. The van der Waals surface area contributed by atoms with Crippen LogP contribution in [-0.4, -0.2) is 46.8 Å². The molecule has 0 bridgehead atoms. The van der Waals surface area contributed by atoms with Crippen LogP contribution in [0.4, 0.5) is 5.69 Å². The minimum Gasteiger partial charge on any atom is -0.368 e. The van der Waals surface area contributed by atoms with Gasteiger partial charge in [-0.05, 0) is 25.1 Å². The van der Waals surface area contributed by atoms with E-state index in [1.165, 1.54) is 4.68 Å². The molecule has 1 amide bonds. The molecule has 1 aliphatic heterocycles. The Kier molecular flexibility index (Phi) is 4.50. The van der Waals surface area contributed by atoms with Crippen LogP contribution < -0.4 is 4.90 Å². The van der Waals surface area contributed by atoms with E-state index in [9.17, 15) is 4.79 Å². The molecular weight excluding hydrogens is 335 g/mol. The fourth-order valence-corrected chi connectivity index (χ4v) is 3.31. The fourth-order valence-electron chi connectivity index (χ4n) is 2.87. The van der Waals surface area contributed by atoms with Gasteiger partial charge in [-0.1, -0.05) is 29.3 Å². The Bertz CT molecular complexity index is 736. The number of aromatic nitrogens is 2. The van der Waals surface area contributed by atoms with Crippen molar-refractivity contribution in [3.63, 3.8) is 0 Å². The Balaban J connectivity index is 1.70. The first-order valence-corrected chi connectivity index (χ1v) is 8.22. The summed E-state index contributed by atoms with van der Waals surface area (Å²) in [7, 11) is 1.74. The lowest BCUT2D eigenvalue weighted by molar-refractivity contribution is 0.0746. The maximum Gasteiger partial charge on any atom is 0.259 e. The van der Waals surface area contributed by atoms with Gasteiger partial charge < -0.3 is 9.80 Å². The number of benzene rings is 1. The summed E-state index contributed by atoms with van der Waals surface area (Å²) in [5.74, 6) is -0.0497. The van der Waals surface area contributed by atoms with Gasteiger partial charge in [-0.15, -0.1) is 0 Å². The number of hydrogen-bond donors (Lipinski definition) is 0. The summed E-state index contributed by atoms with van der Waals surface area (Å²) < 4.78 is 1.53. The van der Waals surface area contributed by atoms with E-state index in [2.05, 4.69) is 10.00 Å². The van der Waals surface area contributed by atoms with Crippen LogP contribution in [0.25, 0.3) is 0 Å². The van der Waals surface area contributed by atoms with Crippen molar-refractivity contribution in [2.75, 3.05) is 31.1 Å². The molecule has 2 heterocycles. The zero-order valence-corrected chi connectivity index (χ0v) is 14.6. The summed E-state index contributed by atoms with van der Waals surface area (Å²) in [5, 5.41) is 5.33. The normalized spacial score (nSPS) is 15.1. The van der Waals surface area contributed by atoms with Crippen LogP contribution in [0.3, 0.4) is 0 Å². The summed E-state index contributed by atoms with van der Waals surface area (Å²) in [5.41, 5.74) is 2.25. The Morgan fingerprint density at radius 1 is 1.17 bits per heavy atom. The molecule has 1 fully saturated rings. The molecular formula is C16H18Cl2N4O. The van der Waals surface area contributed by atoms with Gasteiger partial charge in [0.15, 0.2) is 0 Å². The summed E-state index contributed by atoms with van der Waals surface area (Å²) >= 11 is 12.2. The van der Waals surface area contributed by atoms with Crippen molar-refractivity contribution >= 4 is 34.8 Å². The van der Waals surface area contributed by atoms with E-state index < -0.39 is 0 Å². The fraction of sp³-hybridized carbons (Fsp3) is 0.375. The molecule has 0 saturated carbocycles. The third kappa shape index (κ3) is 3.16.